The molecule has 0 spiro atoms. The third kappa shape index (κ3) is 6.00. The number of aromatic amines is 1. The maximum atomic E-state index is 12.8. The summed E-state index contributed by atoms with van der Waals surface area (Å²) in [5, 5.41) is 3.40. The van der Waals surface area contributed by atoms with Crippen LogP contribution in [0.15, 0.2) is 35.3 Å². The number of aromatic nitrogens is 3. The first-order valence-corrected chi connectivity index (χ1v) is 13.7. The zero-order valence-corrected chi connectivity index (χ0v) is 22.5. The molecule has 9 heteroatoms. The quantitative estimate of drug-likeness (QED) is 0.414. The monoisotopic (exact) mass is 522 g/mol. The Kier molecular flexibility index (Phi) is 8.26. The number of nitrogens with one attached hydrogen (secondary N) is 2. The number of benzene rings is 1. The Hall–Kier alpha value is -3.01. The summed E-state index contributed by atoms with van der Waals surface area (Å²) in [7, 11) is 0. The van der Waals surface area contributed by atoms with Gasteiger partial charge in [-0.05, 0) is 55.4 Å². The second-order valence-corrected chi connectivity index (χ2v) is 10.9. The van der Waals surface area contributed by atoms with Crippen LogP contribution in [0.25, 0.3) is 22.4 Å². The van der Waals surface area contributed by atoms with E-state index in [2.05, 4.69) is 33.1 Å². The van der Waals surface area contributed by atoms with Gasteiger partial charge in [-0.1, -0.05) is 19.9 Å². The summed E-state index contributed by atoms with van der Waals surface area (Å²) in [5.41, 5.74) is 4.45. The van der Waals surface area contributed by atoms with Crippen LogP contribution in [-0.2, 0) is 32.1 Å². The summed E-state index contributed by atoms with van der Waals surface area (Å²) in [6.07, 6.45) is 4.38. The summed E-state index contributed by atoms with van der Waals surface area (Å²) < 4.78 is 18.9. The van der Waals surface area contributed by atoms with Gasteiger partial charge in [0, 0.05) is 50.0 Å². The molecule has 5 rings (SSSR count). The van der Waals surface area contributed by atoms with Gasteiger partial charge in [-0.3, -0.25) is 9.59 Å². The minimum absolute atomic E-state index is 0.0855. The molecule has 2 aliphatic heterocycles. The molecule has 0 saturated carbocycles. The number of H-pyrrole nitrogens is 1. The fourth-order valence-electron chi connectivity index (χ4n) is 5.27. The number of imidazole rings is 1. The molecule has 2 saturated heterocycles. The van der Waals surface area contributed by atoms with Crippen LogP contribution in [0.3, 0.4) is 0 Å². The number of hydrogen-bond acceptors (Lipinski definition) is 7. The molecule has 2 aromatic heterocycles. The number of nitrogens with zero attached hydrogens (tertiary/aromatic N) is 2. The normalized spacial score (nSPS) is 19.3. The van der Waals surface area contributed by atoms with E-state index in [4.69, 9.17) is 19.2 Å². The molecule has 204 valence electrons. The number of ether oxygens (including phenoxy) is 3. The topological polar surface area (TPSA) is 107 Å². The van der Waals surface area contributed by atoms with Crippen LogP contribution in [0.5, 0.6) is 0 Å². The van der Waals surface area contributed by atoms with Crippen molar-refractivity contribution in [3.63, 3.8) is 0 Å². The number of esters is 1. The molecule has 2 atom stereocenters. The molecule has 3 aromatic rings. The molecule has 0 aliphatic carbocycles. The number of carbonyl (C=O) groups excluding carboxylic acids is 1. The lowest BCUT2D eigenvalue weighted by atomic mass is 10.00. The van der Waals surface area contributed by atoms with Crippen LogP contribution in [-0.4, -0.2) is 59.1 Å². The van der Waals surface area contributed by atoms with Crippen molar-refractivity contribution in [1.29, 1.82) is 0 Å². The van der Waals surface area contributed by atoms with Crippen molar-refractivity contribution < 1.29 is 19.0 Å². The fourth-order valence-corrected chi connectivity index (χ4v) is 5.27. The van der Waals surface area contributed by atoms with Crippen LogP contribution in [0.2, 0.25) is 0 Å². The molecule has 1 unspecified atom stereocenters. The molecule has 9 nitrogen and oxygen atoms in total. The SMILES string of the molecule is Cc1cc(-c2nc3cc(CNC(C(=O)O[C@H]4CCOC4)C(C)C)ccc3n2CC2CCOCC2)c[nH]c1=O. The van der Waals surface area contributed by atoms with Gasteiger partial charge in [-0.25, -0.2) is 4.98 Å². The lowest BCUT2D eigenvalue weighted by Gasteiger charge is -2.23. The van der Waals surface area contributed by atoms with Gasteiger partial charge in [0.25, 0.3) is 5.56 Å². The minimum Gasteiger partial charge on any atom is -0.459 e. The zero-order chi connectivity index (χ0) is 26.6. The minimum atomic E-state index is -0.406. The Bertz CT molecular complexity index is 1320. The highest BCUT2D eigenvalue weighted by Crippen LogP contribution is 2.29. The summed E-state index contributed by atoms with van der Waals surface area (Å²) in [5.74, 6) is 1.21. The lowest BCUT2D eigenvalue weighted by molar-refractivity contribution is -0.152. The van der Waals surface area contributed by atoms with Gasteiger partial charge >= 0.3 is 5.97 Å². The molecular formula is C29H38N4O5. The van der Waals surface area contributed by atoms with Gasteiger partial charge < -0.3 is 29.1 Å². The van der Waals surface area contributed by atoms with Crippen molar-refractivity contribution in [3.8, 4) is 11.4 Å². The van der Waals surface area contributed by atoms with E-state index in [0.717, 1.165) is 67.0 Å². The highest BCUT2D eigenvalue weighted by atomic mass is 16.6. The van der Waals surface area contributed by atoms with Gasteiger partial charge in [-0.15, -0.1) is 0 Å². The van der Waals surface area contributed by atoms with Crippen molar-refractivity contribution in [3.05, 3.63) is 51.9 Å². The predicted molar refractivity (Wildman–Crippen MR) is 145 cm³/mol. The Labute approximate surface area is 222 Å². The molecular weight excluding hydrogens is 484 g/mol. The van der Waals surface area contributed by atoms with Crippen molar-refractivity contribution in [2.24, 2.45) is 11.8 Å². The Balaban J connectivity index is 1.39. The van der Waals surface area contributed by atoms with Crippen LogP contribution in [0.1, 0.15) is 44.2 Å². The molecule has 0 bridgehead atoms. The Morgan fingerprint density at radius 3 is 2.68 bits per heavy atom. The maximum Gasteiger partial charge on any atom is 0.323 e. The smallest absolute Gasteiger partial charge is 0.323 e. The van der Waals surface area contributed by atoms with E-state index in [-0.39, 0.29) is 23.6 Å². The fraction of sp³-hybridized carbons (Fsp3) is 0.552. The maximum absolute atomic E-state index is 12.8. The highest BCUT2D eigenvalue weighted by Gasteiger charge is 2.28. The standard InChI is InChI=1S/C29H38N4O5/c1-18(2)26(29(35)38-23-8-11-37-17-23)30-14-21-4-5-25-24(13-21)32-27(22-12-19(3)28(34)31-15-22)33(25)16-20-6-9-36-10-7-20/h4-5,12-13,15,18,20,23,26,30H,6-11,14,16-17H2,1-3H3,(H,31,34)/t23-,26?/m0/s1. The molecule has 0 amide bonds. The van der Waals surface area contributed by atoms with E-state index in [1.54, 1.807) is 6.20 Å². The summed E-state index contributed by atoms with van der Waals surface area (Å²) in [6.45, 7) is 9.90. The number of fused-ring (bicyclic) bond motifs is 1. The van der Waals surface area contributed by atoms with Gasteiger partial charge in [0.15, 0.2) is 0 Å². The van der Waals surface area contributed by atoms with Crippen molar-refractivity contribution in [1.82, 2.24) is 19.9 Å². The zero-order valence-electron chi connectivity index (χ0n) is 22.5. The van der Waals surface area contributed by atoms with Crippen LogP contribution in [0, 0.1) is 18.8 Å². The second kappa shape index (κ2) is 11.8. The van der Waals surface area contributed by atoms with E-state index < -0.39 is 6.04 Å². The van der Waals surface area contributed by atoms with Gasteiger partial charge in [0.1, 0.15) is 18.0 Å². The summed E-state index contributed by atoms with van der Waals surface area (Å²) in [6, 6.07) is 7.78. The Morgan fingerprint density at radius 2 is 1.97 bits per heavy atom. The second-order valence-electron chi connectivity index (χ2n) is 10.9. The molecule has 2 aliphatic rings. The van der Waals surface area contributed by atoms with Crippen LogP contribution < -0.4 is 10.9 Å². The number of pyridine rings is 1. The Morgan fingerprint density at radius 1 is 1.18 bits per heavy atom. The van der Waals surface area contributed by atoms with Crippen LogP contribution in [0.4, 0.5) is 0 Å². The van der Waals surface area contributed by atoms with Crippen LogP contribution >= 0.6 is 0 Å². The van der Waals surface area contributed by atoms with E-state index in [1.807, 2.05) is 26.8 Å². The third-order valence-electron chi connectivity index (χ3n) is 7.56. The third-order valence-corrected chi connectivity index (χ3v) is 7.56. The van der Waals surface area contributed by atoms with E-state index in [1.165, 1.54) is 0 Å². The van der Waals surface area contributed by atoms with E-state index >= 15 is 0 Å². The van der Waals surface area contributed by atoms with Gasteiger partial charge in [0.05, 0.1) is 24.2 Å². The average Bonchev–Trinajstić information content (AvgIpc) is 3.54. The first kappa shape index (κ1) is 26.6. The number of aryl methyl sites for hydroxylation is 1. The van der Waals surface area contributed by atoms with Crippen molar-refractivity contribution in [2.45, 2.75) is 65.3 Å². The molecule has 0 radical (unpaired) electrons. The van der Waals surface area contributed by atoms with Crippen molar-refractivity contribution >= 4 is 17.0 Å². The van der Waals surface area contributed by atoms with Gasteiger partial charge in [0.2, 0.25) is 0 Å². The first-order chi connectivity index (χ1) is 18.4. The van der Waals surface area contributed by atoms with Gasteiger partial charge in [-0.2, -0.15) is 0 Å². The average molecular weight is 523 g/mol. The molecule has 38 heavy (non-hydrogen) atoms. The molecule has 1 aromatic carbocycles. The predicted octanol–water partition coefficient (Wildman–Crippen LogP) is 3.57. The highest BCUT2D eigenvalue weighted by molar-refractivity contribution is 5.81. The first-order valence-electron chi connectivity index (χ1n) is 13.7. The summed E-state index contributed by atoms with van der Waals surface area (Å²) in [4.78, 5) is 32.7. The number of hydrogen-bond donors (Lipinski definition) is 2. The molecule has 2 fully saturated rings. The number of carbonyl (C=O) groups is 1. The van der Waals surface area contributed by atoms with Crippen molar-refractivity contribution in [2.75, 3.05) is 26.4 Å². The largest absolute Gasteiger partial charge is 0.459 e. The molecule has 2 N–H and O–H groups in total. The van der Waals surface area contributed by atoms with E-state index in [9.17, 15) is 9.59 Å². The lowest BCUT2D eigenvalue weighted by Crippen LogP contribution is -2.43. The molecule has 4 heterocycles. The van der Waals surface area contributed by atoms with E-state index in [0.29, 0.717) is 31.2 Å². The summed E-state index contributed by atoms with van der Waals surface area (Å²) >= 11 is 0. The number of rotatable bonds is 9.